The van der Waals surface area contributed by atoms with Gasteiger partial charge >= 0.3 is 0 Å². The Bertz CT molecular complexity index is 581. The third-order valence-corrected chi connectivity index (χ3v) is 3.78. The number of nitrogens with zero attached hydrogens (tertiary/aromatic N) is 1. The lowest BCUT2D eigenvalue weighted by Gasteiger charge is -2.10. The van der Waals surface area contributed by atoms with E-state index in [1.165, 1.54) is 22.3 Å². The van der Waals surface area contributed by atoms with E-state index in [9.17, 15) is 0 Å². The van der Waals surface area contributed by atoms with Crippen LogP contribution in [-0.2, 0) is 0 Å². The van der Waals surface area contributed by atoms with Crippen LogP contribution in [0.2, 0.25) is 0 Å². The predicted molar refractivity (Wildman–Crippen MR) is 81.6 cm³/mol. The van der Waals surface area contributed by atoms with Crippen LogP contribution >= 0.6 is 0 Å². The molecule has 0 bridgehead atoms. The third-order valence-electron chi connectivity index (χ3n) is 3.78. The average molecular weight is 249 g/mol. The van der Waals surface area contributed by atoms with Gasteiger partial charge in [0.1, 0.15) is 0 Å². The quantitative estimate of drug-likeness (QED) is 0.768. The smallest absolute Gasteiger partial charge is 0.0236 e. The van der Waals surface area contributed by atoms with Crippen LogP contribution in [-0.4, -0.2) is 18.5 Å². The molecule has 0 aliphatic carbocycles. The molecule has 0 spiro atoms. The molecule has 0 fully saturated rings. The number of benzene rings is 2. The van der Waals surface area contributed by atoms with E-state index in [2.05, 4.69) is 79.7 Å². The summed E-state index contributed by atoms with van der Waals surface area (Å²) in [7, 11) is 2.14. The molecular weight excluding hydrogens is 230 g/mol. The molecule has 19 heavy (non-hydrogen) atoms. The molecule has 1 nitrogen and oxygen atoms in total. The molecule has 0 aromatic heterocycles. The first-order valence-electron chi connectivity index (χ1n) is 6.82. The van der Waals surface area contributed by atoms with Crippen LogP contribution in [0, 0.1) is 5.92 Å². The minimum absolute atomic E-state index is 0.618. The van der Waals surface area contributed by atoms with E-state index in [0.29, 0.717) is 5.92 Å². The van der Waals surface area contributed by atoms with Crippen molar-refractivity contribution >= 4 is 5.57 Å². The van der Waals surface area contributed by atoms with Gasteiger partial charge in [-0.05, 0) is 22.3 Å². The summed E-state index contributed by atoms with van der Waals surface area (Å²) in [4.78, 5) is 2.27. The Balaban J connectivity index is 1.90. The van der Waals surface area contributed by atoms with E-state index in [1.54, 1.807) is 0 Å². The first-order chi connectivity index (χ1) is 9.24. The fourth-order valence-electron chi connectivity index (χ4n) is 2.79. The molecule has 96 valence electrons. The normalized spacial score (nSPS) is 18.5. The van der Waals surface area contributed by atoms with Crippen LogP contribution in [0.1, 0.15) is 12.5 Å². The van der Waals surface area contributed by atoms with Crippen LogP contribution in [0.15, 0.2) is 60.8 Å². The van der Waals surface area contributed by atoms with Gasteiger partial charge in [0.2, 0.25) is 0 Å². The Morgan fingerprint density at radius 2 is 1.42 bits per heavy atom. The van der Waals surface area contributed by atoms with Gasteiger partial charge in [0.05, 0.1) is 0 Å². The van der Waals surface area contributed by atoms with Crippen molar-refractivity contribution in [2.45, 2.75) is 6.92 Å². The minimum atomic E-state index is 0.618. The zero-order valence-corrected chi connectivity index (χ0v) is 11.5. The van der Waals surface area contributed by atoms with E-state index < -0.39 is 0 Å². The molecule has 0 saturated carbocycles. The summed E-state index contributed by atoms with van der Waals surface area (Å²) < 4.78 is 0. The lowest BCUT2D eigenvalue weighted by atomic mass is 9.95. The van der Waals surface area contributed by atoms with Gasteiger partial charge in [-0.2, -0.15) is 0 Å². The molecule has 3 rings (SSSR count). The van der Waals surface area contributed by atoms with Gasteiger partial charge in [-0.15, -0.1) is 0 Å². The monoisotopic (exact) mass is 249 g/mol. The maximum atomic E-state index is 2.29. The molecule has 1 aliphatic heterocycles. The summed E-state index contributed by atoms with van der Waals surface area (Å²) in [5.41, 5.74) is 5.35. The Morgan fingerprint density at radius 1 is 0.842 bits per heavy atom. The van der Waals surface area contributed by atoms with E-state index in [4.69, 9.17) is 0 Å². The van der Waals surface area contributed by atoms with Gasteiger partial charge in [0.15, 0.2) is 0 Å². The molecule has 2 aromatic carbocycles. The summed E-state index contributed by atoms with van der Waals surface area (Å²) in [5, 5.41) is 0. The van der Waals surface area contributed by atoms with Gasteiger partial charge in [0.25, 0.3) is 0 Å². The second kappa shape index (κ2) is 4.93. The van der Waals surface area contributed by atoms with Crippen molar-refractivity contribution < 1.29 is 0 Å². The van der Waals surface area contributed by atoms with Crippen LogP contribution < -0.4 is 0 Å². The highest BCUT2D eigenvalue weighted by atomic mass is 15.1. The Hall–Kier alpha value is -2.02. The first kappa shape index (κ1) is 12.0. The SMILES string of the molecule is CC1CN(C)C=C1c1ccc(-c2ccccc2)cc1. The van der Waals surface area contributed by atoms with Crippen molar-refractivity contribution in [2.75, 3.05) is 13.6 Å². The molecular formula is C18H19N. The Kier molecular flexibility index (Phi) is 3.12. The van der Waals surface area contributed by atoms with Crippen molar-refractivity contribution in [3.8, 4) is 11.1 Å². The summed E-state index contributed by atoms with van der Waals surface area (Å²) in [6, 6.07) is 19.4. The number of hydrogen-bond acceptors (Lipinski definition) is 1. The molecule has 1 atom stereocenters. The fourth-order valence-corrected chi connectivity index (χ4v) is 2.79. The molecule has 1 heteroatoms. The molecule has 0 N–H and O–H groups in total. The average Bonchev–Trinajstić information content (AvgIpc) is 2.79. The van der Waals surface area contributed by atoms with Crippen molar-refractivity contribution in [1.82, 2.24) is 4.90 Å². The second-order valence-corrected chi connectivity index (χ2v) is 5.37. The van der Waals surface area contributed by atoms with Gasteiger partial charge in [-0.3, -0.25) is 0 Å². The highest BCUT2D eigenvalue weighted by Crippen LogP contribution is 2.30. The highest BCUT2D eigenvalue weighted by molar-refractivity contribution is 5.72. The van der Waals surface area contributed by atoms with Gasteiger partial charge in [-0.25, -0.2) is 0 Å². The third kappa shape index (κ3) is 2.41. The van der Waals surface area contributed by atoms with Crippen LogP contribution in [0.3, 0.4) is 0 Å². The van der Waals surface area contributed by atoms with Crippen molar-refractivity contribution in [1.29, 1.82) is 0 Å². The maximum Gasteiger partial charge on any atom is 0.0236 e. The minimum Gasteiger partial charge on any atom is -0.380 e. The van der Waals surface area contributed by atoms with Crippen molar-refractivity contribution in [2.24, 2.45) is 5.92 Å². The Labute approximate surface area is 115 Å². The van der Waals surface area contributed by atoms with Crippen LogP contribution in [0.25, 0.3) is 16.7 Å². The molecule has 2 aromatic rings. The fraction of sp³-hybridized carbons (Fsp3) is 0.222. The molecule has 0 saturated heterocycles. The number of hydrogen-bond donors (Lipinski definition) is 0. The number of rotatable bonds is 2. The van der Waals surface area contributed by atoms with E-state index in [0.717, 1.165) is 6.54 Å². The standard InChI is InChI=1S/C18H19N/c1-14-12-19(2)13-18(14)17-10-8-16(9-11-17)15-6-4-3-5-7-15/h3-11,13-14H,12H2,1-2H3. The molecule has 1 aliphatic rings. The largest absolute Gasteiger partial charge is 0.380 e. The molecule has 0 amide bonds. The summed E-state index contributed by atoms with van der Waals surface area (Å²) >= 11 is 0. The van der Waals surface area contributed by atoms with Gasteiger partial charge < -0.3 is 4.90 Å². The molecule has 0 radical (unpaired) electrons. The lowest BCUT2D eigenvalue weighted by Crippen LogP contribution is -2.10. The lowest BCUT2D eigenvalue weighted by molar-refractivity contribution is 0.452. The zero-order chi connectivity index (χ0) is 13.2. The van der Waals surface area contributed by atoms with Gasteiger partial charge in [0, 0.05) is 25.7 Å². The maximum absolute atomic E-state index is 2.29. The predicted octanol–water partition coefficient (Wildman–Crippen LogP) is 4.28. The van der Waals surface area contributed by atoms with E-state index >= 15 is 0 Å². The summed E-state index contributed by atoms with van der Waals surface area (Å²) in [6.45, 7) is 3.41. The zero-order valence-electron chi connectivity index (χ0n) is 11.5. The summed E-state index contributed by atoms with van der Waals surface area (Å²) in [6.07, 6.45) is 2.27. The Morgan fingerprint density at radius 3 is 2.00 bits per heavy atom. The topological polar surface area (TPSA) is 3.24 Å². The highest BCUT2D eigenvalue weighted by Gasteiger charge is 2.19. The van der Waals surface area contributed by atoms with Crippen LogP contribution in [0.5, 0.6) is 0 Å². The summed E-state index contributed by atoms with van der Waals surface area (Å²) in [5.74, 6) is 0.618. The molecule has 1 unspecified atom stereocenters. The van der Waals surface area contributed by atoms with Gasteiger partial charge in [-0.1, -0.05) is 61.5 Å². The van der Waals surface area contributed by atoms with E-state index in [-0.39, 0.29) is 0 Å². The first-order valence-corrected chi connectivity index (χ1v) is 6.82. The van der Waals surface area contributed by atoms with Crippen molar-refractivity contribution in [3.63, 3.8) is 0 Å². The van der Waals surface area contributed by atoms with Crippen molar-refractivity contribution in [3.05, 3.63) is 66.4 Å². The second-order valence-electron chi connectivity index (χ2n) is 5.37. The molecule has 1 heterocycles. The van der Waals surface area contributed by atoms with E-state index in [1.807, 2.05) is 0 Å². The van der Waals surface area contributed by atoms with Crippen LogP contribution in [0.4, 0.5) is 0 Å².